The number of hydrogen-bond acceptors (Lipinski definition) is 4. The molecule has 128 valence electrons. The highest BCUT2D eigenvalue weighted by molar-refractivity contribution is 5.99. The molecule has 0 saturated carbocycles. The van der Waals surface area contributed by atoms with Gasteiger partial charge < -0.3 is 19.9 Å². The molecule has 0 spiro atoms. The highest BCUT2D eigenvalue weighted by Crippen LogP contribution is 2.24. The largest absolute Gasteiger partial charge is 0.450 e. The summed E-state index contributed by atoms with van der Waals surface area (Å²) in [6, 6.07) is 5.64. The minimum atomic E-state index is -0.319. The number of carbonyl (C=O) groups excluding carboxylic acids is 3. The molecule has 7 nitrogen and oxygen atoms in total. The third-order valence-electron chi connectivity index (χ3n) is 4.31. The van der Waals surface area contributed by atoms with Crippen LogP contribution in [0.4, 0.5) is 10.5 Å². The third-order valence-corrected chi connectivity index (χ3v) is 4.31. The van der Waals surface area contributed by atoms with Crippen molar-refractivity contribution in [3.05, 3.63) is 29.3 Å². The molecule has 1 aromatic rings. The van der Waals surface area contributed by atoms with E-state index in [4.69, 9.17) is 4.74 Å². The summed E-state index contributed by atoms with van der Waals surface area (Å²) in [4.78, 5) is 38.9. The number of carbonyl (C=O) groups is 3. The Kier molecular flexibility index (Phi) is 4.69. The smallest absolute Gasteiger partial charge is 0.409 e. The molecule has 1 aromatic carbocycles. The quantitative estimate of drug-likeness (QED) is 0.897. The van der Waals surface area contributed by atoms with E-state index in [0.29, 0.717) is 45.6 Å². The van der Waals surface area contributed by atoms with Crippen molar-refractivity contribution in [3.63, 3.8) is 0 Å². The lowest BCUT2D eigenvalue weighted by molar-refractivity contribution is -0.132. The molecule has 1 fully saturated rings. The number of hydrogen-bond donors (Lipinski definition) is 1. The van der Waals surface area contributed by atoms with Crippen LogP contribution in [0.1, 0.15) is 18.1 Å². The first-order chi connectivity index (χ1) is 11.6. The molecule has 0 bridgehead atoms. The lowest BCUT2D eigenvalue weighted by Crippen LogP contribution is -2.51. The van der Waals surface area contributed by atoms with Gasteiger partial charge in [0.1, 0.15) is 0 Å². The molecule has 1 saturated heterocycles. The first-order valence-electron chi connectivity index (χ1n) is 8.18. The Hall–Kier alpha value is -2.57. The van der Waals surface area contributed by atoms with Crippen LogP contribution >= 0.6 is 0 Å². The van der Waals surface area contributed by atoms with Gasteiger partial charge in [-0.05, 0) is 24.1 Å². The zero-order valence-corrected chi connectivity index (χ0v) is 13.7. The van der Waals surface area contributed by atoms with Gasteiger partial charge in [-0.15, -0.1) is 0 Å². The van der Waals surface area contributed by atoms with Crippen LogP contribution in [0.2, 0.25) is 0 Å². The highest BCUT2D eigenvalue weighted by Gasteiger charge is 2.25. The van der Waals surface area contributed by atoms with E-state index in [0.717, 1.165) is 16.8 Å². The summed E-state index contributed by atoms with van der Waals surface area (Å²) in [5.74, 6) is 0.0271. The molecule has 0 aromatic heterocycles. The van der Waals surface area contributed by atoms with Gasteiger partial charge in [0.2, 0.25) is 11.8 Å². The lowest BCUT2D eigenvalue weighted by Gasteiger charge is -2.34. The normalized spacial score (nSPS) is 16.6. The Morgan fingerprint density at radius 3 is 2.58 bits per heavy atom. The minimum Gasteiger partial charge on any atom is -0.450 e. The Morgan fingerprint density at radius 1 is 1.17 bits per heavy atom. The molecule has 24 heavy (non-hydrogen) atoms. The molecule has 1 N–H and O–H groups in total. The Labute approximate surface area is 140 Å². The maximum atomic E-state index is 12.4. The van der Waals surface area contributed by atoms with Gasteiger partial charge in [0, 0.05) is 31.9 Å². The van der Waals surface area contributed by atoms with Crippen LogP contribution in [0.3, 0.4) is 0 Å². The standard InChI is InChI=1S/C17H21N3O4/c1-2-24-17(23)20-7-5-19(6-8-20)16(22)10-12-3-4-14-13(9-12)11-15(21)18-14/h3-4,9H,2,5-8,10-11H2,1H3,(H,18,21). The predicted molar refractivity (Wildman–Crippen MR) is 87.7 cm³/mol. The second-order valence-corrected chi connectivity index (χ2v) is 5.96. The Bertz CT molecular complexity index is 666. The van der Waals surface area contributed by atoms with Gasteiger partial charge in [-0.3, -0.25) is 9.59 Å². The fourth-order valence-corrected chi connectivity index (χ4v) is 3.03. The number of benzene rings is 1. The van der Waals surface area contributed by atoms with Crippen molar-refractivity contribution in [1.82, 2.24) is 9.80 Å². The number of ether oxygens (including phenoxy) is 1. The van der Waals surface area contributed by atoms with E-state index in [1.165, 1.54) is 0 Å². The number of nitrogens with one attached hydrogen (secondary N) is 1. The average Bonchev–Trinajstić information content (AvgIpc) is 2.94. The Morgan fingerprint density at radius 2 is 1.88 bits per heavy atom. The van der Waals surface area contributed by atoms with Crippen molar-refractivity contribution in [2.24, 2.45) is 0 Å². The van der Waals surface area contributed by atoms with Crippen molar-refractivity contribution in [2.75, 3.05) is 38.1 Å². The van der Waals surface area contributed by atoms with Gasteiger partial charge in [0.25, 0.3) is 0 Å². The van der Waals surface area contributed by atoms with E-state index in [-0.39, 0.29) is 17.9 Å². The van der Waals surface area contributed by atoms with Crippen molar-refractivity contribution < 1.29 is 19.1 Å². The fraction of sp³-hybridized carbons (Fsp3) is 0.471. The molecule has 0 atom stereocenters. The van der Waals surface area contributed by atoms with Crippen molar-refractivity contribution in [1.29, 1.82) is 0 Å². The first-order valence-corrected chi connectivity index (χ1v) is 8.18. The number of piperazine rings is 1. The van der Waals surface area contributed by atoms with Crippen LogP contribution in [0.15, 0.2) is 18.2 Å². The van der Waals surface area contributed by atoms with E-state index in [1.807, 2.05) is 18.2 Å². The number of anilines is 1. The summed E-state index contributed by atoms with van der Waals surface area (Å²) in [5.41, 5.74) is 2.68. The van der Waals surface area contributed by atoms with E-state index in [9.17, 15) is 14.4 Å². The maximum Gasteiger partial charge on any atom is 0.409 e. The Balaban J connectivity index is 1.54. The first kappa shape index (κ1) is 16.3. The second kappa shape index (κ2) is 6.90. The lowest BCUT2D eigenvalue weighted by atomic mass is 10.1. The summed E-state index contributed by atoms with van der Waals surface area (Å²) >= 11 is 0. The topological polar surface area (TPSA) is 79.0 Å². The molecular weight excluding hydrogens is 310 g/mol. The van der Waals surface area contributed by atoms with Gasteiger partial charge in [0.15, 0.2) is 0 Å². The third kappa shape index (κ3) is 3.50. The molecule has 7 heteroatoms. The van der Waals surface area contributed by atoms with Crippen LogP contribution in [0.25, 0.3) is 0 Å². The minimum absolute atomic E-state index is 0.0106. The zero-order chi connectivity index (χ0) is 17.1. The summed E-state index contributed by atoms with van der Waals surface area (Å²) in [6.07, 6.45) is 0.358. The molecule has 0 radical (unpaired) electrons. The number of fused-ring (bicyclic) bond motifs is 1. The van der Waals surface area contributed by atoms with Crippen LogP contribution < -0.4 is 5.32 Å². The van der Waals surface area contributed by atoms with Crippen molar-refractivity contribution in [2.45, 2.75) is 19.8 Å². The van der Waals surface area contributed by atoms with Gasteiger partial charge in [-0.1, -0.05) is 12.1 Å². The molecular formula is C17H21N3O4. The summed E-state index contributed by atoms with van der Waals surface area (Å²) in [5, 5.41) is 2.78. The van der Waals surface area contributed by atoms with Gasteiger partial charge in [-0.2, -0.15) is 0 Å². The molecule has 2 aliphatic heterocycles. The second-order valence-electron chi connectivity index (χ2n) is 5.96. The molecule has 0 unspecified atom stereocenters. The van der Waals surface area contributed by atoms with E-state index in [1.54, 1.807) is 16.7 Å². The van der Waals surface area contributed by atoms with Crippen LogP contribution in [0.5, 0.6) is 0 Å². The summed E-state index contributed by atoms with van der Waals surface area (Å²) in [6.45, 7) is 4.15. The van der Waals surface area contributed by atoms with Crippen molar-refractivity contribution in [3.8, 4) is 0 Å². The number of nitrogens with zero attached hydrogens (tertiary/aromatic N) is 2. The average molecular weight is 331 g/mol. The van der Waals surface area contributed by atoms with E-state index < -0.39 is 0 Å². The van der Waals surface area contributed by atoms with E-state index in [2.05, 4.69) is 5.32 Å². The fourth-order valence-electron chi connectivity index (χ4n) is 3.03. The number of amides is 3. The van der Waals surface area contributed by atoms with Gasteiger partial charge >= 0.3 is 6.09 Å². The van der Waals surface area contributed by atoms with Crippen LogP contribution in [-0.4, -0.2) is 60.5 Å². The number of rotatable bonds is 3. The van der Waals surface area contributed by atoms with Crippen molar-refractivity contribution >= 4 is 23.6 Å². The van der Waals surface area contributed by atoms with Gasteiger partial charge in [0.05, 0.1) is 19.4 Å². The monoisotopic (exact) mass is 331 g/mol. The predicted octanol–water partition coefficient (Wildman–Crippen LogP) is 1.02. The SMILES string of the molecule is CCOC(=O)N1CCN(C(=O)Cc2ccc3c(c2)CC(=O)N3)CC1. The molecule has 3 amide bonds. The summed E-state index contributed by atoms with van der Waals surface area (Å²) < 4.78 is 4.97. The maximum absolute atomic E-state index is 12.4. The molecule has 0 aliphatic carbocycles. The van der Waals surface area contributed by atoms with Gasteiger partial charge in [-0.25, -0.2) is 4.79 Å². The molecule has 3 rings (SSSR count). The van der Waals surface area contributed by atoms with Crippen LogP contribution in [0, 0.1) is 0 Å². The summed E-state index contributed by atoms with van der Waals surface area (Å²) in [7, 11) is 0. The zero-order valence-electron chi connectivity index (χ0n) is 13.7. The molecule has 2 heterocycles. The van der Waals surface area contributed by atoms with Crippen LogP contribution in [-0.2, 0) is 27.2 Å². The highest BCUT2D eigenvalue weighted by atomic mass is 16.6. The molecule has 2 aliphatic rings. The van der Waals surface area contributed by atoms with E-state index >= 15 is 0 Å².